The van der Waals surface area contributed by atoms with E-state index in [0.717, 1.165) is 11.6 Å². The molecule has 2 heterocycles. The highest BCUT2D eigenvalue weighted by molar-refractivity contribution is 7.09. The van der Waals surface area contributed by atoms with E-state index in [1.807, 2.05) is 0 Å². The highest BCUT2D eigenvalue weighted by Crippen LogP contribution is 2.20. The molecule has 1 fully saturated rings. The lowest BCUT2D eigenvalue weighted by Gasteiger charge is -2.10. The van der Waals surface area contributed by atoms with Crippen LogP contribution in [0.25, 0.3) is 0 Å². The first-order chi connectivity index (χ1) is 7.25. The molecular weight excluding hydrogens is 218 g/mol. The predicted octanol–water partition coefficient (Wildman–Crippen LogP) is 0.582. The maximum Gasteiger partial charge on any atom is 0.332 e. The van der Waals surface area contributed by atoms with E-state index in [0.29, 0.717) is 13.0 Å². The molecule has 2 rings (SSSR count). The second kappa shape index (κ2) is 4.54. The van der Waals surface area contributed by atoms with Gasteiger partial charge in [-0.25, -0.2) is 9.78 Å². The number of nitrogens with one attached hydrogen (secondary N) is 1. The molecule has 1 aliphatic heterocycles. The van der Waals surface area contributed by atoms with Crippen molar-refractivity contribution in [3.05, 3.63) is 6.33 Å². The lowest BCUT2D eigenvalue weighted by atomic mass is 10.2. The molecule has 0 saturated carbocycles. The molecule has 0 spiro atoms. The van der Waals surface area contributed by atoms with E-state index < -0.39 is 12.1 Å². The Morgan fingerprint density at radius 3 is 3.20 bits per heavy atom. The van der Waals surface area contributed by atoms with Crippen LogP contribution in [0.4, 0.5) is 5.13 Å². The highest BCUT2D eigenvalue weighted by atomic mass is 32.1. The third kappa shape index (κ3) is 2.63. The second-order valence-electron chi connectivity index (χ2n) is 3.29. The van der Waals surface area contributed by atoms with Crippen molar-refractivity contribution in [1.82, 2.24) is 9.36 Å². The van der Waals surface area contributed by atoms with Crippen molar-refractivity contribution in [3.63, 3.8) is 0 Å². The van der Waals surface area contributed by atoms with Gasteiger partial charge < -0.3 is 15.2 Å². The molecule has 1 aliphatic rings. The fraction of sp³-hybridized carbons (Fsp3) is 0.625. The zero-order valence-electron chi connectivity index (χ0n) is 7.92. The Labute approximate surface area is 90.5 Å². The summed E-state index contributed by atoms with van der Waals surface area (Å²) in [7, 11) is 0. The molecule has 0 aliphatic carbocycles. The van der Waals surface area contributed by atoms with Gasteiger partial charge >= 0.3 is 5.97 Å². The topological polar surface area (TPSA) is 84.3 Å². The van der Waals surface area contributed by atoms with Gasteiger partial charge in [-0.1, -0.05) is 0 Å². The molecule has 82 valence electrons. The number of carboxylic acids is 1. The van der Waals surface area contributed by atoms with Crippen molar-refractivity contribution >= 4 is 22.6 Å². The van der Waals surface area contributed by atoms with Gasteiger partial charge in [0.1, 0.15) is 6.33 Å². The van der Waals surface area contributed by atoms with Crippen LogP contribution in [0.2, 0.25) is 0 Å². The van der Waals surface area contributed by atoms with Crippen molar-refractivity contribution < 1.29 is 14.6 Å². The van der Waals surface area contributed by atoms with Crippen LogP contribution in [0.15, 0.2) is 6.33 Å². The molecule has 7 heteroatoms. The molecule has 0 bridgehead atoms. The largest absolute Gasteiger partial charge is 0.479 e. The average Bonchev–Trinajstić information content (AvgIpc) is 2.86. The van der Waals surface area contributed by atoms with E-state index >= 15 is 0 Å². The summed E-state index contributed by atoms with van der Waals surface area (Å²) >= 11 is 1.27. The van der Waals surface area contributed by atoms with E-state index in [1.165, 1.54) is 17.9 Å². The van der Waals surface area contributed by atoms with Gasteiger partial charge in [-0.2, -0.15) is 4.37 Å². The number of hydrogen-bond donors (Lipinski definition) is 2. The van der Waals surface area contributed by atoms with Crippen LogP contribution >= 0.6 is 11.5 Å². The van der Waals surface area contributed by atoms with Crippen LogP contribution in [-0.4, -0.2) is 39.2 Å². The summed E-state index contributed by atoms with van der Waals surface area (Å²) in [6.45, 7) is 0.582. The molecule has 1 saturated heterocycles. The first-order valence-corrected chi connectivity index (χ1v) is 5.42. The van der Waals surface area contributed by atoms with E-state index in [1.54, 1.807) is 0 Å². The maximum absolute atomic E-state index is 10.6. The SMILES string of the molecule is O=C(O)C1CCC(CNc2ncns2)O1. The van der Waals surface area contributed by atoms with Gasteiger partial charge in [0.05, 0.1) is 6.10 Å². The summed E-state index contributed by atoms with van der Waals surface area (Å²) in [5.41, 5.74) is 0. The standard InChI is InChI=1S/C8H11N3O3S/c12-7(13)6-2-1-5(14-6)3-9-8-10-4-11-15-8/h4-6H,1-3H2,(H,12,13)(H,9,10,11). The Morgan fingerprint density at radius 1 is 1.73 bits per heavy atom. The van der Waals surface area contributed by atoms with Gasteiger partial charge in [0.2, 0.25) is 5.13 Å². The molecule has 6 nitrogen and oxygen atoms in total. The Hall–Kier alpha value is -1.21. The Morgan fingerprint density at radius 2 is 2.60 bits per heavy atom. The van der Waals surface area contributed by atoms with Crippen LogP contribution in [0.3, 0.4) is 0 Å². The van der Waals surface area contributed by atoms with Gasteiger partial charge in [-0.3, -0.25) is 0 Å². The van der Waals surface area contributed by atoms with Gasteiger partial charge in [0.15, 0.2) is 6.10 Å². The van der Waals surface area contributed by atoms with Gasteiger partial charge in [0, 0.05) is 18.1 Å². The monoisotopic (exact) mass is 229 g/mol. The number of aliphatic carboxylic acids is 1. The number of anilines is 1. The summed E-state index contributed by atoms with van der Waals surface area (Å²) in [5.74, 6) is -0.881. The van der Waals surface area contributed by atoms with Crippen LogP contribution in [0.5, 0.6) is 0 Å². The Kier molecular flexibility index (Phi) is 3.12. The van der Waals surface area contributed by atoms with Crippen molar-refractivity contribution in [1.29, 1.82) is 0 Å². The normalized spacial score (nSPS) is 25.3. The molecule has 1 aromatic heterocycles. The van der Waals surface area contributed by atoms with Crippen LogP contribution < -0.4 is 5.32 Å². The molecule has 0 amide bonds. The minimum absolute atomic E-state index is 0.0463. The van der Waals surface area contributed by atoms with E-state index in [9.17, 15) is 4.79 Å². The molecule has 0 radical (unpaired) electrons. The number of aromatic nitrogens is 2. The number of rotatable bonds is 4. The number of carbonyl (C=O) groups is 1. The third-order valence-corrected chi connectivity index (χ3v) is 2.85. The second-order valence-corrected chi connectivity index (χ2v) is 4.07. The van der Waals surface area contributed by atoms with Gasteiger partial charge in [-0.15, -0.1) is 0 Å². The minimum atomic E-state index is -0.881. The van der Waals surface area contributed by atoms with Crippen molar-refractivity contribution in [2.24, 2.45) is 0 Å². The fourth-order valence-electron chi connectivity index (χ4n) is 1.49. The van der Waals surface area contributed by atoms with E-state index in [2.05, 4.69) is 14.7 Å². The van der Waals surface area contributed by atoms with Crippen molar-refractivity contribution in [2.45, 2.75) is 25.0 Å². The van der Waals surface area contributed by atoms with E-state index in [4.69, 9.17) is 9.84 Å². The Bertz CT molecular complexity index is 330. The first kappa shape index (κ1) is 10.3. The summed E-state index contributed by atoms with van der Waals surface area (Å²) in [4.78, 5) is 14.6. The summed E-state index contributed by atoms with van der Waals surface area (Å²) in [6.07, 6.45) is 2.13. The predicted molar refractivity (Wildman–Crippen MR) is 53.9 cm³/mol. The fourth-order valence-corrected chi connectivity index (χ4v) is 1.93. The molecule has 15 heavy (non-hydrogen) atoms. The molecule has 1 aromatic rings. The average molecular weight is 229 g/mol. The highest BCUT2D eigenvalue weighted by Gasteiger charge is 2.30. The number of ether oxygens (including phenoxy) is 1. The summed E-state index contributed by atoms with van der Waals surface area (Å²) in [5, 5.41) is 12.5. The quantitative estimate of drug-likeness (QED) is 0.785. The lowest BCUT2D eigenvalue weighted by Crippen LogP contribution is -2.24. The third-order valence-electron chi connectivity index (χ3n) is 2.23. The van der Waals surface area contributed by atoms with Crippen molar-refractivity contribution in [3.8, 4) is 0 Å². The molecule has 2 unspecified atom stereocenters. The van der Waals surface area contributed by atoms with E-state index in [-0.39, 0.29) is 6.10 Å². The first-order valence-electron chi connectivity index (χ1n) is 4.64. The van der Waals surface area contributed by atoms with Crippen LogP contribution in [-0.2, 0) is 9.53 Å². The zero-order chi connectivity index (χ0) is 10.7. The number of hydrogen-bond acceptors (Lipinski definition) is 6. The van der Waals surface area contributed by atoms with Gasteiger partial charge in [0.25, 0.3) is 0 Å². The lowest BCUT2D eigenvalue weighted by molar-refractivity contribution is -0.149. The van der Waals surface area contributed by atoms with Crippen LogP contribution in [0.1, 0.15) is 12.8 Å². The summed E-state index contributed by atoms with van der Waals surface area (Å²) < 4.78 is 9.16. The molecular formula is C8H11N3O3S. The maximum atomic E-state index is 10.6. The number of nitrogens with zero attached hydrogens (tertiary/aromatic N) is 2. The minimum Gasteiger partial charge on any atom is -0.479 e. The zero-order valence-corrected chi connectivity index (χ0v) is 8.74. The molecule has 2 atom stereocenters. The summed E-state index contributed by atoms with van der Waals surface area (Å²) in [6, 6.07) is 0. The van der Waals surface area contributed by atoms with Crippen molar-refractivity contribution in [2.75, 3.05) is 11.9 Å². The number of carboxylic acid groups (broad SMARTS) is 1. The van der Waals surface area contributed by atoms with Gasteiger partial charge in [-0.05, 0) is 12.8 Å². The molecule has 0 aromatic carbocycles. The molecule has 2 N–H and O–H groups in total. The van der Waals surface area contributed by atoms with Crippen LogP contribution in [0, 0.1) is 0 Å². The Balaban J connectivity index is 1.75. The smallest absolute Gasteiger partial charge is 0.332 e.